The summed E-state index contributed by atoms with van der Waals surface area (Å²) in [7, 11) is 1.65. The molecular weight excluding hydrogens is 393 g/mol. The lowest BCUT2D eigenvalue weighted by Crippen LogP contribution is -2.00. The van der Waals surface area contributed by atoms with Crippen molar-refractivity contribution in [3.8, 4) is 5.75 Å². The summed E-state index contributed by atoms with van der Waals surface area (Å²) in [6, 6.07) is 11.7. The lowest BCUT2D eigenvalue weighted by Gasteiger charge is -2.11. The fourth-order valence-corrected chi connectivity index (χ4v) is 3.52. The number of benzene rings is 2. The third kappa shape index (κ3) is 3.65. The average Bonchev–Trinajstić information content (AvgIpc) is 2.37. The summed E-state index contributed by atoms with van der Waals surface area (Å²) in [5.41, 5.74) is 2.05. The first-order valence-corrected chi connectivity index (χ1v) is 7.58. The van der Waals surface area contributed by atoms with E-state index >= 15 is 0 Å². The van der Waals surface area contributed by atoms with E-state index < -0.39 is 0 Å². The molecule has 0 saturated carbocycles. The molecule has 100 valence electrons. The third-order valence-corrected chi connectivity index (χ3v) is 4.13. The molecule has 0 unspecified atom stereocenters. The van der Waals surface area contributed by atoms with Crippen molar-refractivity contribution in [2.75, 3.05) is 12.4 Å². The van der Waals surface area contributed by atoms with Gasteiger partial charge in [-0.2, -0.15) is 0 Å². The third-order valence-electron chi connectivity index (χ3n) is 2.62. The minimum atomic E-state index is 0.685. The number of methoxy groups -OCH3 is 1. The minimum absolute atomic E-state index is 0.685. The molecule has 2 aromatic carbocycles. The maximum Gasteiger partial charge on any atom is 0.147 e. The molecule has 2 rings (SSSR count). The van der Waals surface area contributed by atoms with E-state index in [1.807, 2.05) is 36.4 Å². The van der Waals surface area contributed by atoms with E-state index in [1.165, 1.54) is 0 Å². The summed E-state index contributed by atoms with van der Waals surface area (Å²) in [5.74, 6) is 0.793. The van der Waals surface area contributed by atoms with Crippen LogP contribution in [0.1, 0.15) is 5.56 Å². The Balaban J connectivity index is 2.15. The molecular formula is C14H12Br2ClNO. The van der Waals surface area contributed by atoms with E-state index in [0.29, 0.717) is 11.6 Å². The number of ether oxygens (including phenoxy) is 1. The van der Waals surface area contributed by atoms with Gasteiger partial charge in [0.2, 0.25) is 0 Å². The maximum absolute atomic E-state index is 6.10. The summed E-state index contributed by atoms with van der Waals surface area (Å²) in [6.45, 7) is 0.685. The molecule has 0 fully saturated rings. The van der Waals surface area contributed by atoms with Crippen LogP contribution in [0.2, 0.25) is 5.02 Å². The van der Waals surface area contributed by atoms with Gasteiger partial charge < -0.3 is 10.1 Å². The van der Waals surface area contributed by atoms with E-state index in [1.54, 1.807) is 7.11 Å². The molecule has 0 aliphatic carbocycles. The first-order valence-electron chi connectivity index (χ1n) is 5.62. The molecule has 0 aromatic heterocycles. The average molecular weight is 406 g/mol. The lowest BCUT2D eigenvalue weighted by molar-refractivity contribution is 0.409. The van der Waals surface area contributed by atoms with Crippen LogP contribution in [0.25, 0.3) is 0 Å². The number of nitrogens with one attached hydrogen (secondary N) is 1. The Bertz CT molecular complexity index is 566. The van der Waals surface area contributed by atoms with Crippen LogP contribution in [-0.2, 0) is 6.54 Å². The second kappa shape index (κ2) is 6.64. The molecule has 0 aliphatic heterocycles. The molecule has 0 bridgehead atoms. The molecule has 0 aliphatic rings. The summed E-state index contributed by atoms with van der Waals surface area (Å²) < 4.78 is 7.11. The van der Waals surface area contributed by atoms with Gasteiger partial charge in [0.05, 0.1) is 26.8 Å². The van der Waals surface area contributed by atoms with Crippen LogP contribution in [-0.4, -0.2) is 7.11 Å². The highest BCUT2D eigenvalue weighted by atomic mass is 79.9. The van der Waals surface area contributed by atoms with E-state index in [0.717, 1.165) is 25.9 Å². The van der Waals surface area contributed by atoms with Crippen molar-refractivity contribution in [3.63, 3.8) is 0 Å². The SMILES string of the molecule is COc1c(Br)cc(CNc2ccccc2Cl)cc1Br. The molecule has 0 saturated heterocycles. The number of halogens is 3. The van der Waals surface area contributed by atoms with Gasteiger partial charge in [0.25, 0.3) is 0 Å². The standard InChI is InChI=1S/C14H12Br2ClNO/c1-19-14-10(15)6-9(7-11(14)16)8-18-13-5-3-2-4-12(13)17/h2-7,18H,8H2,1H3. The smallest absolute Gasteiger partial charge is 0.147 e. The Kier molecular flexibility index (Phi) is 5.13. The molecule has 0 atom stereocenters. The fraction of sp³-hybridized carbons (Fsp3) is 0.143. The van der Waals surface area contributed by atoms with E-state index in [2.05, 4.69) is 37.2 Å². The number of anilines is 1. The van der Waals surface area contributed by atoms with Crippen LogP contribution in [0.3, 0.4) is 0 Å². The van der Waals surface area contributed by atoms with Gasteiger partial charge in [0.1, 0.15) is 5.75 Å². The summed E-state index contributed by atoms with van der Waals surface area (Å²) in [4.78, 5) is 0. The number of para-hydroxylation sites is 1. The normalized spacial score (nSPS) is 10.3. The van der Waals surface area contributed by atoms with Crippen molar-refractivity contribution < 1.29 is 4.74 Å². The molecule has 5 heteroatoms. The number of hydrogen-bond donors (Lipinski definition) is 1. The van der Waals surface area contributed by atoms with Crippen LogP contribution in [0.4, 0.5) is 5.69 Å². The van der Waals surface area contributed by atoms with Crippen molar-refractivity contribution in [1.29, 1.82) is 0 Å². The topological polar surface area (TPSA) is 21.3 Å². The van der Waals surface area contributed by atoms with Crippen LogP contribution in [0.15, 0.2) is 45.3 Å². The summed E-state index contributed by atoms with van der Waals surface area (Å²) in [6.07, 6.45) is 0. The zero-order valence-electron chi connectivity index (χ0n) is 10.2. The Labute approximate surface area is 134 Å². The second-order valence-corrected chi connectivity index (χ2v) is 6.04. The van der Waals surface area contributed by atoms with Crippen LogP contribution in [0, 0.1) is 0 Å². The Morgan fingerprint density at radius 2 is 1.79 bits per heavy atom. The predicted molar refractivity (Wildman–Crippen MR) is 87.2 cm³/mol. The van der Waals surface area contributed by atoms with Crippen molar-refractivity contribution >= 4 is 49.1 Å². The largest absolute Gasteiger partial charge is 0.494 e. The quantitative estimate of drug-likeness (QED) is 0.727. The molecule has 0 radical (unpaired) electrons. The Morgan fingerprint density at radius 3 is 2.37 bits per heavy atom. The Hall–Kier alpha value is -0.710. The van der Waals surface area contributed by atoms with E-state index in [4.69, 9.17) is 16.3 Å². The fourth-order valence-electron chi connectivity index (χ4n) is 1.71. The summed E-state index contributed by atoms with van der Waals surface area (Å²) >= 11 is 13.1. The van der Waals surface area contributed by atoms with Gasteiger partial charge >= 0.3 is 0 Å². The van der Waals surface area contributed by atoms with Gasteiger partial charge in [-0.1, -0.05) is 23.7 Å². The van der Waals surface area contributed by atoms with Gasteiger partial charge in [-0.05, 0) is 61.7 Å². The van der Waals surface area contributed by atoms with Crippen molar-refractivity contribution in [2.24, 2.45) is 0 Å². The second-order valence-electron chi connectivity index (χ2n) is 3.93. The van der Waals surface area contributed by atoms with E-state index in [-0.39, 0.29) is 0 Å². The molecule has 19 heavy (non-hydrogen) atoms. The first-order chi connectivity index (χ1) is 9.11. The maximum atomic E-state index is 6.10. The zero-order chi connectivity index (χ0) is 13.8. The minimum Gasteiger partial charge on any atom is -0.494 e. The highest BCUT2D eigenvalue weighted by molar-refractivity contribution is 9.11. The van der Waals surface area contributed by atoms with Crippen molar-refractivity contribution in [1.82, 2.24) is 0 Å². The number of rotatable bonds is 4. The summed E-state index contributed by atoms with van der Waals surface area (Å²) in [5, 5.41) is 4.02. The van der Waals surface area contributed by atoms with Crippen LogP contribution in [0.5, 0.6) is 5.75 Å². The molecule has 0 spiro atoms. The monoisotopic (exact) mass is 403 g/mol. The Morgan fingerprint density at radius 1 is 1.16 bits per heavy atom. The molecule has 2 aromatic rings. The molecule has 0 heterocycles. The highest BCUT2D eigenvalue weighted by Gasteiger charge is 2.08. The van der Waals surface area contributed by atoms with Crippen molar-refractivity contribution in [2.45, 2.75) is 6.54 Å². The predicted octanol–water partition coefficient (Wildman–Crippen LogP) is 5.49. The lowest BCUT2D eigenvalue weighted by atomic mass is 10.2. The molecule has 1 N–H and O–H groups in total. The van der Waals surface area contributed by atoms with Gasteiger partial charge in [0.15, 0.2) is 0 Å². The van der Waals surface area contributed by atoms with Gasteiger partial charge in [-0.15, -0.1) is 0 Å². The van der Waals surface area contributed by atoms with Gasteiger partial charge in [-0.25, -0.2) is 0 Å². The van der Waals surface area contributed by atoms with Gasteiger partial charge in [-0.3, -0.25) is 0 Å². The highest BCUT2D eigenvalue weighted by Crippen LogP contribution is 2.34. The van der Waals surface area contributed by atoms with E-state index in [9.17, 15) is 0 Å². The van der Waals surface area contributed by atoms with Crippen molar-refractivity contribution in [3.05, 3.63) is 55.9 Å². The van der Waals surface area contributed by atoms with Crippen LogP contribution >= 0.6 is 43.5 Å². The zero-order valence-corrected chi connectivity index (χ0v) is 14.1. The number of hydrogen-bond acceptors (Lipinski definition) is 2. The first kappa shape index (κ1) is 14.7. The molecule has 2 nitrogen and oxygen atoms in total. The van der Waals surface area contributed by atoms with Gasteiger partial charge in [0, 0.05) is 6.54 Å². The van der Waals surface area contributed by atoms with Crippen LogP contribution < -0.4 is 10.1 Å². The molecule has 0 amide bonds.